The maximum atomic E-state index is 12.3. The summed E-state index contributed by atoms with van der Waals surface area (Å²) in [7, 11) is 0. The van der Waals surface area contributed by atoms with E-state index < -0.39 is 17.1 Å². The molecule has 0 aliphatic carbocycles. The number of hydrogen-bond acceptors (Lipinski definition) is 4. The summed E-state index contributed by atoms with van der Waals surface area (Å²) >= 11 is 0. The van der Waals surface area contributed by atoms with Crippen molar-refractivity contribution in [2.24, 2.45) is 4.99 Å². The van der Waals surface area contributed by atoms with Crippen molar-refractivity contribution in [1.82, 2.24) is 9.55 Å². The molecule has 0 bridgehead atoms. The van der Waals surface area contributed by atoms with Crippen LogP contribution in [0.5, 0.6) is 5.88 Å². The first-order valence-corrected chi connectivity index (χ1v) is 7.96. The molecule has 0 fully saturated rings. The maximum absolute atomic E-state index is 12.3. The molecule has 1 aromatic carbocycles. The zero-order chi connectivity index (χ0) is 18.0. The minimum absolute atomic E-state index is 0.0192. The Hall–Kier alpha value is -2.63. The highest BCUT2D eigenvalue weighted by molar-refractivity contribution is 5.82. The molecule has 0 saturated heterocycles. The van der Waals surface area contributed by atoms with Gasteiger partial charge in [-0.2, -0.15) is 0 Å². The smallest absolute Gasteiger partial charge is 0.335 e. The first-order valence-electron chi connectivity index (χ1n) is 7.96. The Morgan fingerprint density at radius 1 is 1.25 bits per heavy atom. The van der Waals surface area contributed by atoms with Crippen LogP contribution in [0.1, 0.15) is 42.5 Å². The number of nitrogens with one attached hydrogen (secondary N) is 1. The SMILES string of the molecule is CCC(C)N=Cc1c(O)n(-c2c(C)cc(C)cc2C)c(=O)[nH]c1=O. The fourth-order valence-electron chi connectivity index (χ4n) is 2.69. The Balaban J connectivity index is 2.76. The van der Waals surface area contributed by atoms with Crippen molar-refractivity contribution in [2.45, 2.75) is 47.1 Å². The summed E-state index contributed by atoms with van der Waals surface area (Å²) in [6, 6.07) is 3.87. The van der Waals surface area contributed by atoms with Crippen molar-refractivity contribution in [1.29, 1.82) is 0 Å². The van der Waals surface area contributed by atoms with E-state index in [1.165, 1.54) is 6.21 Å². The monoisotopic (exact) mass is 329 g/mol. The summed E-state index contributed by atoms with van der Waals surface area (Å²) in [6.45, 7) is 9.57. The number of aromatic hydroxyl groups is 1. The lowest BCUT2D eigenvalue weighted by Gasteiger charge is -2.15. The molecule has 2 aromatic rings. The first kappa shape index (κ1) is 17.7. The summed E-state index contributed by atoms with van der Waals surface area (Å²) in [6.07, 6.45) is 2.14. The fourth-order valence-corrected chi connectivity index (χ4v) is 2.69. The van der Waals surface area contributed by atoms with Gasteiger partial charge in [0.25, 0.3) is 5.56 Å². The van der Waals surface area contributed by atoms with E-state index in [4.69, 9.17) is 0 Å². The molecule has 6 heteroatoms. The molecule has 1 unspecified atom stereocenters. The molecule has 2 N–H and O–H groups in total. The van der Waals surface area contributed by atoms with Crippen molar-refractivity contribution in [3.63, 3.8) is 0 Å². The van der Waals surface area contributed by atoms with Gasteiger partial charge in [-0.1, -0.05) is 24.6 Å². The second-order valence-corrected chi connectivity index (χ2v) is 6.11. The van der Waals surface area contributed by atoms with Crippen molar-refractivity contribution >= 4 is 6.21 Å². The summed E-state index contributed by atoms with van der Waals surface area (Å²) in [5.74, 6) is -0.397. The first-order chi connectivity index (χ1) is 11.3. The van der Waals surface area contributed by atoms with E-state index in [2.05, 4.69) is 9.98 Å². The van der Waals surface area contributed by atoms with E-state index in [1.54, 1.807) is 0 Å². The Labute approximate surface area is 140 Å². The van der Waals surface area contributed by atoms with E-state index in [0.29, 0.717) is 5.69 Å². The predicted molar refractivity (Wildman–Crippen MR) is 95.9 cm³/mol. The van der Waals surface area contributed by atoms with Gasteiger partial charge in [0.2, 0.25) is 5.88 Å². The molecule has 2 rings (SSSR count). The molecule has 6 nitrogen and oxygen atoms in total. The van der Waals surface area contributed by atoms with E-state index in [0.717, 1.165) is 27.7 Å². The van der Waals surface area contributed by atoms with Crippen LogP contribution in [0.2, 0.25) is 0 Å². The van der Waals surface area contributed by atoms with Crippen molar-refractivity contribution in [2.75, 3.05) is 0 Å². The van der Waals surface area contributed by atoms with Crippen LogP contribution in [0.4, 0.5) is 0 Å². The highest BCUT2D eigenvalue weighted by Gasteiger charge is 2.17. The van der Waals surface area contributed by atoms with Crippen LogP contribution in [0.15, 0.2) is 26.7 Å². The largest absolute Gasteiger partial charge is 0.493 e. The van der Waals surface area contributed by atoms with Gasteiger partial charge in [-0.25, -0.2) is 9.36 Å². The van der Waals surface area contributed by atoms with Crippen LogP contribution >= 0.6 is 0 Å². The van der Waals surface area contributed by atoms with Gasteiger partial charge in [0, 0.05) is 12.3 Å². The number of benzene rings is 1. The Morgan fingerprint density at radius 2 is 1.83 bits per heavy atom. The topological polar surface area (TPSA) is 87.4 Å². The van der Waals surface area contributed by atoms with Crippen molar-refractivity contribution < 1.29 is 5.11 Å². The van der Waals surface area contributed by atoms with Gasteiger partial charge < -0.3 is 5.11 Å². The zero-order valence-corrected chi connectivity index (χ0v) is 14.7. The lowest BCUT2D eigenvalue weighted by atomic mass is 10.0. The maximum Gasteiger partial charge on any atom is 0.335 e. The predicted octanol–water partition coefficient (Wildman–Crippen LogP) is 2.37. The number of aromatic nitrogens is 2. The average Bonchev–Trinajstić information content (AvgIpc) is 2.48. The van der Waals surface area contributed by atoms with Crippen LogP contribution < -0.4 is 11.2 Å². The number of H-pyrrole nitrogens is 1. The van der Waals surface area contributed by atoms with Crippen molar-refractivity contribution in [3.05, 3.63) is 55.2 Å². The normalized spacial score (nSPS) is 12.7. The van der Waals surface area contributed by atoms with Gasteiger partial charge in [0.15, 0.2) is 0 Å². The van der Waals surface area contributed by atoms with Gasteiger partial charge in [-0.3, -0.25) is 14.8 Å². The van der Waals surface area contributed by atoms with Crippen LogP contribution in [-0.4, -0.2) is 26.9 Å². The number of hydrogen-bond donors (Lipinski definition) is 2. The Bertz CT molecular complexity index is 884. The van der Waals surface area contributed by atoms with Gasteiger partial charge in [0.1, 0.15) is 5.56 Å². The van der Waals surface area contributed by atoms with E-state index >= 15 is 0 Å². The molecule has 1 heterocycles. The Kier molecular flexibility index (Phi) is 5.07. The molecule has 0 radical (unpaired) electrons. The average molecular weight is 329 g/mol. The molecule has 1 atom stereocenters. The van der Waals surface area contributed by atoms with Crippen LogP contribution in [-0.2, 0) is 0 Å². The molecule has 0 aliphatic rings. The third-order valence-electron chi connectivity index (χ3n) is 4.03. The summed E-state index contributed by atoms with van der Waals surface area (Å²) in [5, 5.41) is 10.6. The lowest BCUT2D eigenvalue weighted by molar-refractivity contribution is 0.429. The third-order valence-corrected chi connectivity index (χ3v) is 4.03. The van der Waals surface area contributed by atoms with E-state index in [9.17, 15) is 14.7 Å². The minimum atomic E-state index is -0.673. The number of aryl methyl sites for hydroxylation is 3. The molecule has 0 aliphatic heterocycles. The number of nitrogens with zero attached hydrogens (tertiary/aromatic N) is 2. The molecule has 0 amide bonds. The Morgan fingerprint density at radius 3 is 2.38 bits per heavy atom. The van der Waals surface area contributed by atoms with Gasteiger partial charge >= 0.3 is 5.69 Å². The lowest BCUT2D eigenvalue weighted by Crippen LogP contribution is -2.32. The number of rotatable bonds is 4. The zero-order valence-electron chi connectivity index (χ0n) is 14.7. The standard InChI is InChI=1S/C18H23N3O3/c1-6-13(5)19-9-14-16(22)20-18(24)21(17(14)23)15-11(3)7-10(2)8-12(15)4/h7-9,13,23H,6H2,1-5H3,(H,20,22,24). The highest BCUT2D eigenvalue weighted by Crippen LogP contribution is 2.23. The number of aromatic amines is 1. The number of aliphatic imine (C=N–C) groups is 1. The minimum Gasteiger partial charge on any atom is -0.493 e. The van der Waals surface area contributed by atoms with Crippen molar-refractivity contribution in [3.8, 4) is 11.6 Å². The van der Waals surface area contributed by atoms with E-state index in [-0.39, 0.29) is 11.6 Å². The molecular formula is C18H23N3O3. The summed E-state index contributed by atoms with van der Waals surface area (Å²) in [4.78, 5) is 30.8. The van der Waals surface area contributed by atoms with Gasteiger partial charge in [-0.15, -0.1) is 0 Å². The second kappa shape index (κ2) is 6.86. The van der Waals surface area contributed by atoms with Crippen LogP contribution in [0, 0.1) is 20.8 Å². The van der Waals surface area contributed by atoms with Gasteiger partial charge in [-0.05, 0) is 45.2 Å². The molecule has 0 saturated carbocycles. The van der Waals surface area contributed by atoms with Crippen LogP contribution in [0.3, 0.4) is 0 Å². The fraction of sp³-hybridized carbons (Fsp3) is 0.389. The molecule has 1 aromatic heterocycles. The highest BCUT2D eigenvalue weighted by atomic mass is 16.3. The van der Waals surface area contributed by atoms with E-state index in [1.807, 2.05) is 46.8 Å². The van der Waals surface area contributed by atoms with Crippen LogP contribution in [0.25, 0.3) is 5.69 Å². The molecular weight excluding hydrogens is 306 g/mol. The quantitative estimate of drug-likeness (QED) is 0.844. The molecule has 0 spiro atoms. The van der Waals surface area contributed by atoms with Gasteiger partial charge in [0.05, 0.1) is 5.69 Å². The summed E-state index contributed by atoms with van der Waals surface area (Å²) < 4.78 is 1.13. The summed E-state index contributed by atoms with van der Waals surface area (Å²) in [5.41, 5.74) is 1.95. The molecule has 24 heavy (non-hydrogen) atoms. The third kappa shape index (κ3) is 3.32. The second-order valence-electron chi connectivity index (χ2n) is 6.11. The molecule has 128 valence electrons.